The molecule has 6 nitrogen and oxygen atoms in total. The van der Waals surface area contributed by atoms with Crippen molar-refractivity contribution in [3.05, 3.63) is 81.8 Å². The van der Waals surface area contributed by atoms with Crippen LogP contribution in [0.15, 0.2) is 66.9 Å². The average Bonchev–Trinajstić information content (AvgIpc) is 2.79. The van der Waals surface area contributed by atoms with E-state index in [1.54, 1.807) is 24.4 Å². The summed E-state index contributed by atoms with van der Waals surface area (Å²) in [5.41, 5.74) is 3.68. The Morgan fingerprint density at radius 1 is 1.00 bits per heavy atom. The molecule has 0 radical (unpaired) electrons. The first kappa shape index (κ1) is 22.1. The highest BCUT2D eigenvalue weighted by Crippen LogP contribution is 2.25. The fraction of sp³-hybridized carbons (Fsp3) is 0.167. The Labute approximate surface area is 198 Å². The van der Waals surface area contributed by atoms with Crippen LogP contribution in [-0.2, 0) is 6.42 Å². The van der Waals surface area contributed by atoms with E-state index in [1.165, 1.54) is 17.7 Å². The zero-order valence-corrected chi connectivity index (χ0v) is 19.3. The van der Waals surface area contributed by atoms with Crippen LogP contribution in [0.4, 0.5) is 15.0 Å². The van der Waals surface area contributed by atoms with Gasteiger partial charge in [0, 0.05) is 15.7 Å². The average molecular weight is 541 g/mol. The second-order valence-corrected chi connectivity index (χ2v) is 8.40. The molecule has 2 aromatic heterocycles. The topological polar surface area (TPSA) is 79.8 Å². The Morgan fingerprint density at radius 3 is 2.66 bits per heavy atom. The van der Waals surface area contributed by atoms with Crippen LogP contribution in [-0.4, -0.2) is 27.5 Å². The lowest BCUT2D eigenvalue weighted by molar-refractivity contribution is 0.252. The van der Waals surface area contributed by atoms with E-state index in [1.807, 2.05) is 18.2 Å². The van der Waals surface area contributed by atoms with E-state index in [0.29, 0.717) is 29.2 Å². The lowest BCUT2D eigenvalue weighted by Gasteiger charge is -2.08. The number of rotatable bonds is 7. The highest BCUT2D eigenvalue weighted by atomic mass is 127. The molecule has 162 valence electrons. The van der Waals surface area contributed by atoms with E-state index < -0.39 is 0 Å². The molecule has 0 aliphatic heterocycles. The Balaban J connectivity index is 1.35. The maximum absolute atomic E-state index is 13.4. The zero-order valence-electron chi connectivity index (χ0n) is 17.2. The molecule has 0 fully saturated rings. The number of urea groups is 1. The number of aromatic nitrogens is 3. The number of unbranched alkanes of at least 4 members (excludes halogenated alkanes) is 1. The van der Waals surface area contributed by atoms with Gasteiger partial charge in [0.15, 0.2) is 5.65 Å². The van der Waals surface area contributed by atoms with Crippen molar-refractivity contribution in [3.8, 4) is 11.3 Å². The predicted molar refractivity (Wildman–Crippen MR) is 132 cm³/mol. The summed E-state index contributed by atoms with van der Waals surface area (Å²) in [6.07, 6.45) is 4.51. The highest BCUT2D eigenvalue weighted by Gasteiger charge is 2.10. The van der Waals surface area contributed by atoms with E-state index in [0.717, 1.165) is 28.4 Å². The molecule has 2 amide bonds. The Kier molecular flexibility index (Phi) is 7.21. The number of benzene rings is 2. The van der Waals surface area contributed by atoms with E-state index >= 15 is 0 Å². The van der Waals surface area contributed by atoms with Crippen molar-refractivity contribution in [1.82, 2.24) is 20.3 Å². The minimum atomic E-state index is -0.311. The summed E-state index contributed by atoms with van der Waals surface area (Å²) in [5.74, 6) is 0.0853. The molecular weight excluding hydrogens is 520 g/mol. The highest BCUT2D eigenvalue weighted by molar-refractivity contribution is 14.1. The molecule has 0 aliphatic carbocycles. The SMILES string of the molecule is O=C(NCCCCc1ccccc1)Nc1ccc2ncc(-c3ccc(F)cc3I)nc2n1. The van der Waals surface area contributed by atoms with Crippen LogP contribution in [0.25, 0.3) is 22.4 Å². The molecule has 2 N–H and O–H groups in total. The van der Waals surface area contributed by atoms with Crippen LogP contribution >= 0.6 is 22.6 Å². The molecular formula is C24H21FIN5O. The van der Waals surface area contributed by atoms with Crippen molar-refractivity contribution in [3.63, 3.8) is 0 Å². The van der Waals surface area contributed by atoms with Crippen LogP contribution in [0, 0.1) is 9.39 Å². The summed E-state index contributed by atoms with van der Waals surface area (Å²) in [4.78, 5) is 25.6. The molecule has 2 aromatic carbocycles. The number of nitrogens with one attached hydrogen (secondary N) is 2. The van der Waals surface area contributed by atoms with E-state index in [2.05, 4.69) is 60.3 Å². The summed E-state index contributed by atoms with van der Waals surface area (Å²) in [7, 11) is 0. The fourth-order valence-electron chi connectivity index (χ4n) is 3.26. The third-order valence-electron chi connectivity index (χ3n) is 4.88. The number of fused-ring (bicyclic) bond motifs is 1. The van der Waals surface area contributed by atoms with Crippen molar-refractivity contribution in [2.24, 2.45) is 0 Å². The maximum atomic E-state index is 13.4. The van der Waals surface area contributed by atoms with Gasteiger partial charge < -0.3 is 5.32 Å². The normalized spacial score (nSPS) is 10.8. The van der Waals surface area contributed by atoms with Gasteiger partial charge in [0.2, 0.25) is 0 Å². The van der Waals surface area contributed by atoms with Gasteiger partial charge in [-0.15, -0.1) is 0 Å². The van der Waals surface area contributed by atoms with E-state index in [9.17, 15) is 9.18 Å². The van der Waals surface area contributed by atoms with Crippen LogP contribution in [0.2, 0.25) is 0 Å². The first-order valence-electron chi connectivity index (χ1n) is 10.3. The van der Waals surface area contributed by atoms with Gasteiger partial charge in [-0.25, -0.2) is 19.2 Å². The summed E-state index contributed by atoms with van der Waals surface area (Å²) in [5, 5.41) is 5.59. The molecule has 0 saturated heterocycles. The lowest BCUT2D eigenvalue weighted by atomic mass is 10.1. The largest absolute Gasteiger partial charge is 0.338 e. The van der Waals surface area contributed by atoms with Crippen LogP contribution in [0.1, 0.15) is 18.4 Å². The van der Waals surface area contributed by atoms with Gasteiger partial charge in [0.25, 0.3) is 0 Å². The number of amides is 2. The van der Waals surface area contributed by atoms with Crippen molar-refractivity contribution in [2.45, 2.75) is 19.3 Å². The molecule has 4 aromatic rings. The van der Waals surface area contributed by atoms with Crippen molar-refractivity contribution < 1.29 is 9.18 Å². The fourth-order valence-corrected chi connectivity index (χ4v) is 4.01. The minimum Gasteiger partial charge on any atom is -0.338 e. The number of halogens is 2. The first-order valence-corrected chi connectivity index (χ1v) is 11.3. The molecule has 0 aliphatic rings. The molecule has 2 heterocycles. The summed E-state index contributed by atoms with van der Waals surface area (Å²) in [6, 6.07) is 17.9. The van der Waals surface area contributed by atoms with Gasteiger partial charge in [-0.3, -0.25) is 10.3 Å². The quantitative estimate of drug-likeness (QED) is 0.237. The monoisotopic (exact) mass is 541 g/mol. The summed E-state index contributed by atoms with van der Waals surface area (Å²) >= 11 is 2.06. The van der Waals surface area contributed by atoms with Crippen LogP contribution in [0.3, 0.4) is 0 Å². The van der Waals surface area contributed by atoms with Crippen molar-refractivity contribution in [1.29, 1.82) is 0 Å². The maximum Gasteiger partial charge on any atom is 0.320 e. The number of carbonyl (C=O) groups excluding carboxylic acids is 1. The van der Waals surface area contributed by atoms with E-state index in [-0.39, 0.29) is 11.8 Å². The summed E-state index contributed by atoms with van der Waals surface area (Å²) in [6.45, 7) is 0.583. The standard InChI is InChI=1S/C24H21FIN5O/c25-17-9-10-18(19(26)14-17)21-15-28-20-11-12-22(30-23(20)29-21)31-24(32)27-13-5-4-8-16-6-2-1-3-7-16/h1-3,6-7,9-12,14-15H,4-5,8,13H2,(H2,27,29,30,31,32). The number of carbonyl (C=O) groups is 1. The molecule has 32 heavy (non-hydrogen) atoms. The van der Waals surface area contributed by atoms with Crippen LogP contribution in [0.5, 0.6) is 0 Å². The number of hydrogen-bond acceptors (Lipinski definition) is 4. The Bertz CT molecular complexity index is 1240. The Morgan fingerprint density at radius 2 is 1.84 bits per heavy atom. The molecule has 0 atom stereocenters. The molecule has 0 unspecified atom stereocenters. The van der Waals surface area contributed by atoms with Gasteiger partial charge in [0.05, 0.1) is 11.9 Å². The third-order valence-corrected chi connectivity index (χ3v) is 5.77. The van der Waals surface area contributed by atoms with Crippen molar-refractivity contribution >= 4 is 45.6 Å². The second kappa shape index (κ2) is 10.4. The third kappa shape index (κ3) is 5.76. The molecule has 8 heteroatoms. The van der Waals surface area contributed by atoms with Gasteiger partial charge >= 0.3 is 6.03 Å². The van der Waals surface area contributed by atoms with Gasteiger partial charge in [-0.1, -0.05) is 30.3 Å². The second-order valence-electron chi connectivity index (χ2n) is 7.24. The number of anilines is 1. The van der Waals surface area contributed by atoms with Crippen LogP contribution < -0.4 is 10.6 Å². The predicted octanol–water partition coefficient (Wildman–Crippen LogP) is 5.58. The van der Waals surface area contributed by atoms with Crippen molar-refractivity contribution in [2.75, 3.05) is 11.9 Å². The number of aryl methyl sites for hydroxylation is 1. The number of hydrogen-bond donors (Lipinski definition) is 2. The molecule has 0 saturated carbocycles. The smallest absolute Gasteiger partial charge is 0.320 e. The zero-order chi connectivity index (χ0) is 22.3. The molecule has 0 spiro atoms. The first-order chi connectivity index (χ1) is 15.6. The number of pyridine rings is 1. The lowest BCUT2D eigenvalue weighted by Crippen LogP contribution is -2.29. The molecule has 0 bridgehead atoms. The Hall–Kier alpha value is -3.14. The summed E-state index contributed by atoms with van der Waals surface area (Å²) < 4.78 is 14.1. The van der Waals surface area contributed by atoms with Gasteiger partial charge in [-0.2, -0.15) is 0 Å². The minimum absolute atomic E-state index is 0.303. The van der Waals surface area contributed by atoms with E-state index in [4.69, 9.17) is 0 Å². The van der Waals surface area contributed by atoms with Gasteiger partial charge in [0.1, 0.15) is 17.2 Å². The molecule has 4 rings (SSSR count). The number of nitrogens with zero attached hydrogens (tertiary/aromatic N) is 3. The van der Waals surface area contributed by atoms with Gasteiger partial charge in [-0.05, 0) is 77.7 Å².